The van der Waals surface area contributed by atoms with Crippen LogP contribution in [0.4, 0.5) is 5.69 Å². The molecule has 1 heterocycles. The zero-order valence-corrected chi connectivity index (χ0v) is 10.7. The van der Waals surface area contributed by atoms with E-state index in [1.807, 2.05) is 38.1 Å². The number of hydrogen-bond donors (Lipinski definition) is 1. The Morgan fingerprint density at radius 3 is 2.82 bits per heavy atom. The molecule has 0 bridgehead atoms. The van der Waals surface area contributed by atoms with Gasteiger partial charge in [0.15, 0.2) is 0 Å². The first-order chi connectivity index (χ1) is 8.20. The van der Waals surface area contributed by atoms with Crippen molar-refractivity contribution in [3.05, 3.63) is 36.3 Å². The van der Waals surface area contributed by atoms with E-state index in [-0.39, 0.29) is 0 Å². The quantitative estimate of drug-likeness (QED) is 0.839. The van der Waals surface area contributed by atoms with Gasteiger partial charge in [0.2, 0.25) is 0 Å². The summed E-state index contributed by atoms with van der Waals surface area (Å²) in [7, 11) is 0. The first-order valence-electron chi connectivity index (χ1n) is 5.45. The van der Waals surface area contributed by atoms with E-state index in [4.69, 9.17) is 14.9 Å². The first-order valence-corrected chi connectivity index (χ1v) is 6.26. The molecule has 0 amide bonds. The van der Waals surface area contributed by atoms with Crippen LogP contribution in [-0.4, -0.2) is 6.61 Å². The average Bonchev–Trinajstić information content (AvgIpc) is 2.70. The highest BCUT2D eigenvalue weighted by Crippen LogP contribution is 2.34. The Hall–Kier alpha value is -1.55. The molecule has 1 aromatic heterocycles. The van der Waals surface area contributed by atoms with E-state index in [1.54, 1.807) is 18.0 Å². The second kappa shape index (κ2) is 5.19. The molecule has 0 fully saturated rings. The monoisotopic (exact) mass is 249 g/mol. The van der Waals surface area contributed by atoms with Gasteiger partial charge in [-0.3, -0.25) is 0 Å². The first kappa shape index (κ1) is 11.9. The van der Waals surface area contributed by atoms with Gasteiger partial charge < -0.3 is 14.9 Å². The molecule has 0 atom stereocenters. The van der Waals surface area contributed by atoms with Gasteiger partial charge in [-0.25, -0.2) is 0 Å². The highest BCUT2D eigenvalue weighted by Gasteiger charge is 2.06. The molecular formula is C13H15NO2S. The summed E-state index contributed by atoms with van der Waals surface area (Å²) >= 11 is 1.64. The molecule has 2 N–H and O–H groups in total. The molecule has 90 valence electrons. The Morgan fingerprint density at radius 1 is 1.35 bits per heavy atom. The predicted molar refractivity (Wildman–Crippen MR) is 69.6 cm³/mol. The number of nitrogens with two attached hydrogens (primary N) is 1. The Labute approximate surface area is 105 Å². The Kier molecular flexibility index (Phi) is 3.64. The van der Waals surface area contributed by atoms with Gasteiger partial charge in [-0.1, -0.05) is 11.8 Å². The largest absolute Gasteiger partial charge is 0.492 e. The summed E-state index contributed by atoms with van der Waals surface area (Å²) in [6.07, 6.45) is 1.69. The van der Waals surface area contributed by atoms with E-state index < -0.39 is 0 Å². The smallest absolute Gasteiger partial charge is 0.143 e. The third kappa shape index (κ3) is 2.77. The Bertz CT molecular complexity index is 508. The molecule has 3 nitrogen and oxygen atoms in total. The van der Waals surface area contributed by atoms with E-state index in [0.29, 0.717) is 12.3 Å². The number of rotatable bonds is 4. The predicted octanol–water partition coefficient (Wildman–Crippen LogP) is 3.72. The van der Waals surface area contributed by atoms with Crippen LogP contribution in [0.5, 0.6) is 5.75 Å². The van der Waals surface area contributed by atoms with Crippen LogP contribution in [0.2, 0.25) is 0 Å². The molecule has 17 heavy (non-hydrogen) atoms. The molecule has 0 spiro atoms. The molecule has 0 aliphatic heterocycles. The normalized spacial score (nSPS) is 10.5. The van der Waals surface area contributed by atoms with Crippen molar-refractivity contribution in [1.29, 1.82) is 0 Å². The SMILES string of the molecule is CCOc1cc(Sc2ccoc2C)ccc1N. The van der Waals surface area contributed by atoms with Crippen LogP contribution >= 0.6 is 11.8 Å². The van der Waals surface area contributed by atoms with Gasteiger partial charge in [-0.15, -0.1) is 0 Å². The van der Waals surface area contributed by atoms with Crippen molar-refractivity contribution in [1.82, 2.24) is 0 Å². The van der Waals surface area contributed by atoms with Crippen molar-refractivity contribution >= 4 is 17.4 Å². The van der Waals surface area contributed by atoms with Crippen molar-refractivity contribution < 1.29 is 9.15 Å². The van der Waals surface area contributed by atoms with Crippen molar-refractivity contribution in [2.45, 2.75) is 23.6 Å². The highest BCUT2D eigenvalue weighted by molar-refractivity contribution is 7.99. The lowest BCUT2D eigenvalue weighted by molar-refractivity contribution is 0.341. The van der Waals surface area contributed by atoms with Crippen LogP contribution in [0.25, 0.3) is 0 Å². The van der Waals surface area contributed by atoms with Gasteiger partial charge >= 0.3 is 0 Å². The molecule has 0 unspecified atom stereocenters. The second-order valence-corrected chi connectivity index (χ2v) is 4.69. The Balaban J connectivity index is 2.22. The summed E-state index contributed by atoms with van der Waals surface area (Å²) in [5.41, 5.74) is 6.49. The Morgan fingerprint density at radius 2 is 2.18 bits per heavy atom. The number of nitrogen functional groups attached to an aromatic ring is 1. The van der Waals surface area contributed by atoms with E-state index in [0.717, 1.165) is 21.3 Å². The molecule has 0 saturated carbocycles. The maximum absolute atomic E-state index is 5.83. The lowest BCUT2D eigenvalue weighted by atomic mass is 10.3. The fourth-order valence-corrected chi connectivity index (χ4v) is 2.34. The zero-order chi connectivity index (χ0) is 12.3. The van der Waals surface area contributed by atoms with Gasteiger partial charge in [0.05, 0.1) is 23.5 Å². The van der Waals surface area contributed by atoms with Crippen LogP contribution in [0.1, 0.15) is 12.7 Å². The minimum atomic E-state index is 0.614. The fourth-order valence-electron chi connectivity index (χ4n) is 1.46. The summed E-state index contributed by atoms with van der Waals surface area (Å²) < 4.78 is 10.7. The maximum Gasteiger partial charge on any atom is 0.143 e. The van der Waals surface area contributed by atoms with Crippen LogP contribution < -0.4 is 10.5 Å². The van der Waals surface area contributed by atoms with E-state index in [2.05, 4.69) is 0 Å². The third-order valence-electron chi connectivity index (χ3n) is 2.32. The molecule has 1 aromatic carbocycles. The third-order valence-corrected chi connectivity index (χ3v) is 3.46. The van der Waals surface area contributed by atoms with Gasteiger partial charge in [0.25, 0.3) is 0 Å². The number of furan rings is 1. The van der Waals surface area contributed by atoms with Crippen molar-refractivity contribution in [3.63, 3.8) is 0 Å². The number of hydrogen-bond acceptors (Lipinski definition) is 4. The fraction of sp³-hybridized carbons (Fsp3) is 0.231. The minimum Gasteiger partial charge on any atom is -0.492 e. The van der Waals surface area contributed by atoms with Crippen LogP contribution in [0.3, 0.4) is 0 Å². The number of aryl methyl sites for hydroxylation is 1. The molecular weight excluding hydrogens is 234 g/mol. The van der Waals surface area contributed by atoms with Crippen LogP contribution in [0.15, 0.2) is 44.7 Å². The summed E-state index contributed by atoms with van der Waals surface area (Å²) in [6, 6.07) is 7.75. The summed E-state index contributed by atoms with van der Waals surface area (Å²) in [4.78, 5) is 2.20. The van der Waals surface area contributed by atoms with Crippen molar-refractivity contribution in [2.75, 3.05) is 12.3 Å². The molecule has 2 aromatic rings. The molecule has 2 rings (SSSR count). The molecule has 0 aliphatic carbocycles. The van der Waals surface area contributed by atoms with Crippen molar-refractivity contribution in [2.24, 2.45) is 0 Å². The zero-order valence-electron chi connectivity index (χ0n) is 9.90. The minimum absolute atomic E-state index is 0.614. The standard InChI is InChI=1S/C13H15NO2S/c1-3-15-12-8-10(4-5-11(12)14)17-13-6-7-16-9(13)2/h4-8H,3,14H2,1-2H3. The number of benzene rings is 1. The maximum atomic E-state index is 5.83. The molecule has 0 aliphatic rings. The van der Waals surface area contributed by atoms with Gasteiger partial charge in [0, 0.05) is 4.90 Å². The summed E-state index contributed by atoms with van der Waals surface area (Å²) in [5.74, 6) is 1.66. The average molecular weight is 249 g/mol. The topological polar surface area (TPSA) is 48.4 Å². The van der Waals surface area contributed by atoms with Crippen molar-refractivity contribution in [3.8, 4) is 5.75 Å². The molecule has 0 radical (unpaired) electrons. The van der Waals surface area contributed by atoms with E-state index in [1.165, 1.54) is 0 Å². The summed E-state index contributed by atoms with van der Waals surface area (Å²) in [6.45, 7) is 4.51. The highest BCUT2D eigenvalue weighted by atomic mass is 32.2. The molecule has 4 heteroatoms. The van der Waals surface area contributed by atoms with Crippen LogP contribution in [0, 0.1) is 6.92 Å². The van der Waals surface area contributed by atoms with E-state index in [9.17, 15) is 0 Å². The number of anilines is 1. The second-order valence-electron chi connectivity index (χ2n) is 3.58. The lowest BCUT2D eigenvalue weighted by Crippen LogP contribution is -1.96. The van der Waals surface area contributed by atoms with Gasteiger partial charge in [-0.05, 0) is 38.1 Å². The lowest BCUT2D eigenvalue weighted by Gasteiger charge is -2.08. The molecule has 0 saturated heterocycles. The number of ether oxygens (including phenoxy) is 1. The van der Waals surface area contributed by atoms with Gasteiger partial charge in [0.1, 0.15) is 11.5 Å². The van der Waals surface area contributed by atoms with Crippen LogP contribution in [-0.2, 0) is 0 Å². The summed E-state index contributed by atoms with van der Waals surface area (Å²) in [5, 5.41) is 0. The van der Waals surface area contributed by atoms with E-state index >= 15 is 0 Å². The van der Waals surface area contributed by atoms with Gasteiger partial charge in [-0.2, -0.15) is 0 Å².